The van der Waals surface area contributed by atoms with Crippen LogP contribution in [0.15, 0.2) is 0 Å². The highest BCUT2D eigenvalue weighted by molar-refractivity contribution is 7.98. The quantitative estimate of drug-likeness (QED) is 0.711. The maximum Gasteiger partial charge on any atom is 0.236 e. The standard InChI is InChI=1S/C12H26N2OS/c1-6-10(2)13-9-12(15)14(4)11(3)7-8-16-5/h10-11,13H,6-9H2,1-5H3. The molecule has 0 saturated heterocycles. The molecule has 3 nitrogen and oxygen atoms in total. The molecule has 0 aliphatic heterocycles. The summed E-state index contributed by atoms with van der Waals surface area (Å²) in [6.07, 6.45) is 4.21. The van der Waals surface area contributed by atoms with Crippen LogP contribution in [-0.4, -0.2) is 48.5 Å². The van der Waals surface area contributed by atoms with Gasteiger partial charge in [0.1, 0.15) is 0 Å². The van der Waals surface area contributed by atoms with Crippen LogP contribution in [-0.2, 0) is 4.79 Å². The summed E-state index contributed by atoms with van der Waals surface area (Å²) in [5.41, 5.74) is 0. The summed E-state index contributed by atoms with van der Waals surface area (Å²) >= 11 is 1.83. The van der Waals surface area contributed by atoms with E-state index in [4.69, 9.17) is 0 Å². The lowest BCUT2D eigenvalue weighted by Gasteiger charge is -2.25. The average Bonchev–Trinajstić information content (AvgIpc) is 2.31. The van der Waals surface area contributed by atoms with Gasteiger partial charge in [-0.1, -0.05) is 6.92 Å². The second-order valence-corrected chi connectivity index (χ2v) is 5.31. The molecule has 0 aromatic rings. The summed E-state index contributed by atoms with van der Waals surface area (Å²) in [7, 11) is 1.89. The smallest absolute Gasteiger partial charge is 0.236 e. The van der Waals surface area contributed by atoms with E-state index >= 15 is 0 Å². The normalized spacial score (nSPS) is 14.6. The molecule has 1 N–H and O–H groups in total. The van der Waals surface area contributed by atoms with Gasteiger partial charge in [0, 0.05) is 19.1 Å². The second kappa shape index (κ2) is 8.88. The van der Waals surface area contributed by atoms with Gasteiger partial charge in [-0.15, -0.1) is 0 Å². The topological polar surface area (TPSA) is 32.3 Å². The van der Waals surface area contributed by atoms with Gasteiger partial charge in [-0.3, -0.25) is 4.79 Å². The first-order valence-corrected chi connectivity index (χ1v) is 7.40. The van der Waals surface area contributed by atoms with E-state index in [2.05, 4.69) is 32.3 Å². The van der Waals surface area contributed by atoms with Gasteiger partial charge in [-0.2, -0.15) is 11.8 Å². The molecule has 0 aromatic carbocycles. The van der Waals surface area contributed by atoms with Gasteiger partial charge in [0.25, 0.3) is 0 Å². The van der Waals surface area contributed by atoms with E-state index in [-0.39, 0.29) is 5.91 Å². The van der Waals surface area contributed by atoms with Crippen molar-refractivity contribution in [3.05, 3.63) is 0 Å². The zero-order valence-electron chi connectivity index (χ0n) is 11.2. The first-order chi connectivity index (χ1) is 7.52. The summed E-state index contributed by atoms with van der Waals surface area (Å²) in [6, 6.07) is 0.748. The largest absolute Gasteiger partial charge is 0.342 e. The SMILES string of the molecule is CCC(C)NCC(=O)N(C)C(C)CCSC. The van der Waals surface area contributed by atoms with Crippen LogP contribution in [0.4, 0.5) is 0 Å². The number of rotatable bonds is 8. The molecule has 0 rings (SSSR count). The van der Waals surface area contributed by atoms with Crippen LogP contribution in [0.1, 0.15) is 33.6 Å². The highest BCUT2D eigenvalue weighted by atomic mass is 32.2. The molecule has 0 saturated carbocycles. The van der Waals surface area contributed by atoms with Gasteiger partial charge >= 0.3 is 0 Å². The molecule has 16 heavy (non-hydrogen) atoms. The summed E-state index contributed by atoms with van der Waals surface area (Å²) < 4.78 is 0. The highest BCUT2D eigenvalue weighted by Crippen LogP contribution is 2.06. The minimum Gasteiger partial charge on any atom is -0.342 e. The monoisotopic (exact) mass is 246 g/mol. The second-order valence-electron chi connectivity index (χ2n) is 4.33. The number of nitrogens with one attached hydrogen (secondary N) is 1. The lowest BCUT2D eigenvalue weighted by molar-refractivity contribution is -0.130. The van der Waals surface area contributed by atoms with Crippen LogP contribution in [0.5, 0.6) is 0 Å². The van der Waals surface area contributed by atoms with Gasteiger partial charge in [-0.25, -0.2) is 0 Å². The maximum atomic E-state index is 11.8. The summed E-state index contributed by atoms with van der Waals surface area (Å²) in [5.74, 6) is 1.30. The Kier molecular flexibility index (Phi) is 8.76. The summed E-state index contributed by atoms with van der Waals surface area (Å²) in [4.78, 5) is 13.7. The molecular formula is C12H26N2OS. The molecule has 0 spiro atoms. The molecule has 0 bridgehead atoms. The van der Waals surface area contributed by atoms with E-state index in [1.165, 1.54) is 0 Å². The number of amides is 1. The van der Waals surface area contributed by atoms with Crippen LogP contribution < -0.4 is 5.32 Å². The molecule has 0 aromatic heterocycles. The van der Waals surface area contributed by atoms with E-state index in [1.807, 2.05) is 23.7 Å². The Bertz CT molecular complexity index is 199. The summed E-state index contributed by atoms with van der Waals surface area (Å²) in [5, 5.41) is 3.23. The third-order valence-corrected chi connectivity index (χ3v) is 3.65. The van der Waals surface area contributed by atoms with Crippen molar-refractivity contribution in [3.8, 4) is 0 Å². The molecule has 0 fully saturated rings. The minimum absolute atomic E-state index is 0.189. The van der Waals surface area contributed by atoms with E-state index < -0.39 is 0 Å². The molecule has 1 amide bonds. The average molecular weight is 246 g/mol. The Hall–Kier alpha value is -0.220. The van der Waals surface area contributed by atoms with Gasteiger partial charge in [0.15, 0.2) is 0 Å². The van der Waals surface area contributed by atoms with Crippen molar-refractivity contribution in [2.24, 2.45) is 0 Å². The number of carbonyl (C=O) groups excluding carboxylic acids is 1. The Morgan fingerprint density at radius 3 is 2.56 bits per heavy atom. The van der Waals surface area contributed by atoms with Crippen LogP contribution >= 0.6 is 11.8 Å². The van der Waals surface area contributed by atoms with Crippen molar-refractivity contribution < 1.29 is 4.79 Å². The lowest BCUT2D eigenvalue weighted by atomic mass is 10.2. The van der Waals surface area contributed by atoms with Crippen LogP contribution in [0.2, 0.25) is 0 Å². The molecule has 0 heterocycles. The Morgan fingerprint density at radius 1 is 1.44 bits per heavy atom. The highest BCUT2D eigenvalue weighted by Gasteiger charge is 2.15. The van der Waals surface area contributed by atoms with Crippen LogP contribution in [0.25, 0.3) is 0 Å². The summed E-state index contributed by atoms with van der Waals surface area (Å²) in [6.45, 7) is 6.78. The van der Waals surface area contributed by atoms with Gasteiger partial charge in [0.05, 0.1) is 6.54 Å². The predicted octanol–water partition coefficient (Wildman–Crippen LogP) is 1.97. The molecular weight excluding hydrogens is 220 g/mol. The fourth-order valence-electron chi connectivity index (χ4n) is 1.26. The fraction of sp³-hybridized carbons (Fsp3) is 0.917. The van der Waals surface area contributed by atoms with Crippen molar-refractivity contribution in [2.45, 2.75) is 45.7 Å². The van der Waals surface area contributed by atoms with Gasteiger partial charge < -0.3 is 10.2 Å². The van der Waals surface area contributed by atoms with Crippen molar-refractivity contribution in [3.63, 3.8) is 0 Å². The van der Waals surface area contributed by atoms with Crippen molar-refractivity contribution in [1.29, 1.82) is 0 Å². The molecule has 96 valence electrons. The number of nitrogens with zero attached hydrogens (tertiary/aromatic N) is 1. The van der Waals surface area contributed by atoms with E-state index in [0.717, 1.165) is 18.6 Å². The third-order valence-electron chi connectivity index (χ3n) is 3.01. The molecule has 2 atom stereocenters. The Balaban J connectivity index is 3.88. The number of hydrogen-bond acceptors (Lipinski definition) is 3. The third kappa shape index (κ3) is 6.38. The Labute approximate surface area is 104 Å². The van der Waals surface area contributed by atoms with Gasteiger partial charge in [0.2, 0.25) is 5.91 Å². The van der Waals surface area contributed by atoms with Crippen molar-refractivity contribution in [1.82, 2.24) is 10.2 Å². The molecule has 2 unspecified atom stereocenters. The van der Waals surface area contributed by atoms with E-state index in [0.29, 0.717) is 18.6 Å². The number of carbonyl (C=O) groups is 1. The van der Waals surface area contributed by atoms with Crippen LogP contribution in [0, 0.1) is 0 Å². The van der Waals surface area contributed by atoms with Crippen molar-refractivity contribution in [2.75, 3.05) is 25.6 Å². The molecule has 0 aliphatic carbocycles. The maximum absolute atomic E-state index is 11.8. The molecule has 4 heteroatoms. The number of hydrogen-bond donors (Lipinski definition) is 1. The first-order valence-electron chi connectivity index (χ1n) is 6.00. The zero-order chi connectivity index (χ0) is 12.6. The van der Waals surface area contributed by atoms with Gasteiger partial charge in [-0.05, 0) is 38.7 Å². The predicted molar refractivity (Wildman–Crippen MR) is 73.0 cm³/mol. The van der Waals surface area contributed by atoms with E-state index in [1.54, 1.807) is 0 Å². The Morgan fingerprint density at radius 2 is 2.06 bits per heavy atom. The number of thioether (sulfide) groups is 1. The first kappa shape index (κ1) is 15.8. The zero-order valence-corrected chi connectivity index (χ0v) is 12.1. The van der Waals surface area contributed by atoms with E-state index in [9.17, 15) is 4.79 Å². The number of likely N-dealkylation sites (N-methyl/N-ethyl adjacent to an activating group) is 1. The molecule has 0 aliphatic rings. The fourth-order valence-corrected chi connectivity index (χ4v) is 1.84. The minimum atomic E-state index is 0.189. The lowest BCUT2D eigenvalue weighted by Crippen LogP contribution is -2.42. The van der Waals surface area contributed by atoms with Crippen LogP contribution in [0.3, 0.4) is 0 Å². The molecule has 0 radical (unpaired) electrons. The van der Waals surface area contributed by atoms with Crippen molar-refractivity contribution >= 4 is 17.7 Å².